The highest BCUT2D eigenvalue weighted by atomic mass is 16.5. The highest BCUT2D eigenvalue weighted by Crippen LogP contribution is 2.36. The van der Waals surface area contributed by atoms with Gasteiger partial charge in [0, 0.05) is 49.8 Å². The van der Waals surface area contributed by atoms with Crippen molar-refractivity contribution < 1.29 is 9.53 Å². The first-order chi connectivity index (χ1) is 13.0. The Hall–Kier alpha value is -2.18. The number of nitrogens with zero attached hydrogens (tertiary/aromatic N) is 3. The third-order valence-corrected chi connectivity index (χ3v) is 5.83. The van der Waals surface area contributed by atoms with E-state index in [9.17, 15) is 4.79 Å². The van der Waals surface area contributed by atoms with Gasteiger partial charge in [0.25, 0.3) is 0 Å². The van der Waals surface area contributed by atoms with E-state index in [1.165, 1.54) is 7.11 Å². The molecule has 4 rings (SSSR count). The zero-order valence-electron chi connectivity index (χ0n) is 16.4. The lowest BCUT2D eigenvalue weighted by Crippen LogP contribution is -2.71. The molecule has 144 valence electrons. The predicted octanol–water partition coefficient (Wildman–Crippen LogP) is 2.04. The number of hydrogen-bond acceptors (Lipinski definition) is 5. The van der Waals surface area contributed by atoms with Crippen molar-refractivity contribution in [3.63, 3.8) is 0 Å². The maximum absolute atomic E-state index is 12.0. The first-order valence-corrected chi connectivity index (χ1v) is 9.61. The van der Waals surface area contributed by atoms with Gasteiger partial charge in [-0.3, -0.25) is 4.79 Å². The van der Waals surface area contributed by atoms with E-state index in [1.807, 2.05) is 11.6 Å². The summed E-state index contributed by atoms with van der Waals surface area (Å²) in [7, 11) is 1.46. The number of benzene rings is 1. The number of aromatic nitrogens is 2. The van der Waals surface area contributed by atoms with Crippen molar-refractivity contribution >= 4 is 5.97 Å². The molecular weight excluding hydrogens is 340 g/mol. The molecule has 1 aromatic heterocycles. The van der Waals surface area contributed by atoms with E-state index in [4.69, 9.17) is 4.74 Å². The van der Waals surface area contributed by atoms with E-state index in [1.54, 1.807) is 0 Å². The number of likely N-dealkylation sites (tertiary alicyclic amines) is 1. The van der Waals surface area contributed by atoms with Gasteiger partial charge in [0.05, 0.1) is 24.9 Å². The van der Waals surface area contributed by atoms with Crippen LogP contribution < -0.4 is 5.32 Å². The number of carbonyl (C=O) groups is 1. The number of aryl methyl sites for hydroxylation is 2. The van der Waals surface area contributed by atoms with Crippen LogP contribution in [0.15, 0.2) is 30.3 Å². The predicted molar refractivity (Wildman–Crippen MR) is 104 cm³/mol. The van der Waals surface area contributed by atoms with Crippen molar-refractivity contribution in [3.05, 3.63) is 47.3 Å². The number of nitrogens with one attached hydrogen (secondary N) is 1. The van der Waals surface area contributed by atoms with Crippen molar-refractivity contribution in [1.82, 2.24) is 20.0 Å². The second-order valence-corrected chi connectivity index (χ2v) is 8.18. The zero-order valence-corrected chi connectivity index (χ0v) is 16.4. The van der Waals surface area contributed by atoms with Gasteiger partial charge in [-0.05, 0) is 37.6 Å². The van der Waals surface area contributed by atoms with Crippen LogP contribution >= 0.6 is 0 Å². The summed E-state index contributed by atoms with van der Waals surface area (Å²) in [6, 6.07) is 10.5. The normalized spacial score (nSPS) is 19.4. The fourth-order valence-corrected chi connectivity index (χ4v) is 4.42. The molecule has 0 saturated carbocycles. The molecule has 6 heteroatoms. The summed E-state index contributed by atoms with van der Waals surface area (Å²) in [5.41, 5.74) is 4.80. The minimum Gasteiger partial charge on any atom is -0.469 e. The molecule has 2 fully saturated rings. The highest BCUT2D eigenvalue weighted by Gasteiger charge is 2.47. The van der Waals surface area contributed by atoms with Crippen LogP contribution in [0.3, 0.4) is 0 Å². The molecule has 2 saturated heterocycles. The van der Waals surface area contributed by atoms with Crippen LogP contribution in [0.2, 0.25) is 0 Å². The third kappa shape index (κ3) is 3.64. The van der Waals surface area contributed by atoms with E-state index in [0.717, 1.165) is 55.4 Å². The lowest BCUT2D eigenvalue weighted by Gasteiger charge is -2.56. The molecule has 3 heterocycles. The number of hydrogen-bond donors (Lipinski definition) is 1. The standard InChI is InChI=1S/C21H28N4O2/c1-15-7-16(2)25(23-15)19-6-4-5-17(8-19)18(9-20(26)27-3)10-24-13-21(14-24)11-22-12-21/h4-8,18,22H,9-14H2,1-3H3/t18-/m1/s1. The number of carbonyl (C=O) groups excluding carboxylic acids is 1. The van der Waals surface area contributed by atoms with Crippen molar-refractivity contribution in [3.8, 4) is 5.69 Å². The van der Waals surface area contributed by atoms with Gasteiger partial charge < -0.3 is 15.0 Å². The summed E-state index contributed by atoms with van der Waals surface area (Å²) in [6.45, 7) is 9.44. The fourth-order valence-electron chi connectivity index (χ4n) is 4.42. The molecule has 2 aromatic rings. The van der Waals surface area contributed by atoms with Crippen LogP contribution in [0.1, 0.15) is 29.3 Å². The Kier molecular flexibility index (Phi) is 4.78. The molecule has 1 aromatic carbocycles. The summed E-state index contributed by atoms with van der Waals surface area (Å²) in [5, 5.41) is 7.96. The Balaban J connectivity index is 1.54. The third-order valence-electron chi connectivity index (χ3n) is 5.83. The number of rotatable bonds is 6. The summed E-state index contributed by atoms with van der Waals surface area (Å²) in [6.07, 6.45) is 0.402. The van der Waals surface area contributed by atoms with Gasteiger partial charge in [-0.1, -0.05) is 12.1 Å². The summed E-state index contributed by atoms with van der Waals surface area (Å²) < 4.78 is 6.93. The lowest BCUT2D eigenvalue weighted by atomic mass is 9.74. The van der Waals surface area contributed by atoms with E-state index in [2.05, 4.69) is 52.6 Å². The first kappa shape index (κ1) is 18.2. The van der Waals surface area contributed by atoms with Crippen LogP contribution in [0.25, 0.3) is 5.69 Å². The molecule has 1 spiro atoms. The first-order valence-electron chi connectivity index (χ1n) is 9.61. The maximum Gasteiger partial charge on any atom is 0.306 e. The van der Waals surface area contributed by atoms with Gasteiger partial charge in [-0.15, -0.1) is 0 Å². The maximum atomic E-state index is 12.0. The molecule has 27 heavy (non-hydrogen) atoms. The lowest BCUT2D eigenvalue weighted by molar-refractivity contribution is -0.141. The van der Waals surface area contributed by atoms with Crippen LogP contribution in [-0.2, 0) is 9.53 Å². The number of ether oxygens (including phenoxy) is 1. The van der Waals surface area contributed by atoms with Gasteiger partial charge >= 0.3 is 5.97 Å². The Morgan fingerprint density at radius 3 is 2.67 bits per heavy atom. The molecule has 1 N–H and O–H groups in total. The Morgan fingerprint density at radius 1 is 1.30 bits per heavy atom. The molecule has 0 unspecified atom stereocenters. The molecule has 6 nitrogen and oxygen atoms in total. The molecule has 1 atom stereocenters. The van der Waals surface area contributed by atoms with Gasteiger partial charge in [0.15, 0.2) is 0 Å². The smallest absolute Gasteiger partial charge is 0.306 e. The van der Waals surface area contributed by atoms with Crippen molar-refractivity contribution in [2.24, 2.45) is 5.41 Å². The van der Waals surface area contributed by atoms with Crippen LogP contribution in [0.4, 0.5) is 0 Å². The van der Waals surface area contributed by atoms with Crippen LogP contribution in [0.5, 0.6) is 0 Å². The van der Waals surface area contributed by atoms with Gasteiger partial charge in [-0.2, -0.15) is 5.10 Å². The van der Waals surface area contributed by atoms with Crippen LogP contribution in [0, 0.1) is 19.3 Å². The minimum absolute atomic E-state index is 0.125. The highest BCUT2D eigenvalue weighted by molar-refractivity contribution is 5.70. The minimum atomic E-state index is -0.155. The van der Waals surface area contributed by atoms with Gasteiger partial charge in [0.2, 0.25) is 0 Å². The van der Waals surface area contributed by atoms with E-state index >= 15 is 0 Å². The largest absolute Gasteiger partial charge is 0.469 e. The quantitative estimate of drug-likeness (QED) is 0.791. The molecule has 2 aliphatic rings. The van der Waals surface area contributed by atoms with Crippen LogP contribution in [-0.4, -0.2) is 60.5 Å². The number of methoxy groups -OCH3 is 1. The van der Waals surface area contributed by atoms with Crippen molar-refractivity contribution in [2.75, 3.05) is 39.8 Å². The molecule has 0 radical (unpaired) electrons. The molecular formula is C21H28N4O2. The monoisotopic (exact) mass is 368 g/mol. The summed E-state index contributed by atoms with van der Waals surface area (Å²) in [4.78, 5) is 14.5. The topological polar surface area (TPSA) is 59.4 Å². The molecule has 0 amide bonds. The second-order valence-electron chi connectivity index (χ2n) is 8.18. The number of esters is 1. The second kappa shape index (κ2) is 7.09. The summed E-state index contributed by atoms with van der Waals surface area (Å²) >= 11 is 0. The van der Waals surface area contributed by atoms with E-state index < -0.39 is 0 Å². The van der Waals surface area contributed by atoms with Gasteiger partial charge in [-0.25, -0.2) is 4.68 Å². The Labute approximate surface area is 160 Å². The van der Waals surface area contributed by atoms with Crippen molar-refractivity contribution in [2.45, 2.75) is 26.2 Å². The SMILES string of the molecule is COC(=O)C[C@H](CN1CC2(CNC2)C1)c1cccc(-n2nc(C)cc2C)c1. The van der Waals surface area contributed by atoms with Crippen molar-refractivity contribution in [1.29, 1.82) is 0 Å². The van der Waals surface area contributed by atoms with E-state index in [-0.39, 0.29) is 11.9 Å². The summed E-state index contributed by atoms with van der Waals surface area (Å²) in [5.74, 6) is -0.0307. The molecule has 2 aliphatic heterocycles. The molecule has 0 aliphatic carbocycles. The Morgan fingerprint density at radius 2 is 2.07 bits per heavy atom. The zero-order chi connectivity index (χ0) is 19.0. The fraction of sp³-hybridized carbons (Fsp3) is 0.524. The molecule has 0 bridgehead atoms. The average molecular weight is 368 g/mol. The van der Waals surface area contributed by atoms with E-state index in [0.29, 0.717) is 11.8 Å². The Bertz CT molecular complexity index is 832. The average Bonchev–Trinajstić information content (AvgIpc) is 2.93. The van der Waals surface area contributed by atoms with Gasteiger partial charge in [0.1, 0.15) is 0 Å².